The molecule has 0 aliphatic carbocycles. The number of nitrogens with one attached hydrogen (secondary N) is 1. The Morgan fingerprint density at radius 3 is 2.85 bits per heavy atom. The van der Waals surface area contributed by atoms with Crippen LogP contribution >= 0.6 is 23.4 Å². The van der Waals surface area contributed by atoms with Crippen molar-refractivity contribution in [1.82, 2.24) is 24.9 Å². The third-order valence-electron chi connectivity index (χ3n) is 5.21. The Balaban J connectivity index is 1.24. The van der Waals surface area contributed by atoms with Gasteiger partial charge < -0.3 is 19.0 Å². The average Bonchev–Trinajstić information content (AvgIpc) is 3.50. The molecule has 1 aliphatic heterocycles. The standard InChI is InChI=1S/C23H16ClN5O4S/c24-14-2-1-3-16(9-14)29-21-17(11-25-29)22(30)27-23(26-21)34-12-15-10-19(33-28-15)13-4-5-18-20(8-13)32-7-6-31-18/h1-5,8-11H,6-7,12H2,(H,26,27,30). The van der Waals surface area contributed by atoms with Gasteiger partial charge in [-0.05, 0) is 36.4 Å². The number of ether oxygens (including phenoxy) is 2. The Morgan fingerprint density at radius 2 is 1.97 bits per heavy atom. The number of benzene rings is 2. The first-order valence-corrected chi connectivity index (χ1v) is 11.7. The number of aromatic amines is 1. The second-order valence-corrected chi connectivity index (χ2v) is 8.87. The van der Waals surface area contributed by atoms with Crippen LogP contribution in [0.1, 0.15) is 5.69 Å². The molecule has 3 aromatic heterocycles. The van der Waals surface area contributed by atoms with Gasteiger partial charge in [0.25, 0.3) is 5.56 Å². The Kier molecular flexibility index (Phi) is 5.23. The molecule has 0 spiro atoms. The van der Waals surface area contributed by atoms with Crippen molar-refractivity contribution in [2.45, 2.75) is 10.9 Å². The van der Waals surface area contributed by atoms with Crippen molar-refractivity contribution in [1.29, 1.82) is 0 Å². The highest BCUT2D eigenvalue weighted by molar-refractivity contribution is 7.98. The van der Waals surface area contributed by atoms with Crippen LogP contribution in [0.2, 0.25) is 5.02 Å². The fourth-order valence-electron chi connectivity index (χ4n) is 3.62. The Labute approximate surface area is 201 Å². The molecule has 6 rings (SSSR count). The third kappa shape index (κ3) is 3.91. The molecule has 9 nitrogen and oxygen atoms in total. The number of thioether (sulfide) groups is 1. The first kappa shape index (κ1) is 20.8. The lowest BCUT2D eigenvalue weighted by Gasteiger charge is -2.18. The van der Waals surface area contributed by atoms with Crippen LogP contribution in [0.15, 0.2) is 69.2 Å². The maximum Gasteiger partial charge on any atom is 0.262 e. The fraction of sp³-hybridized carbons (Fsp3) is 0.130. The van der Waals surface area contributed by atoms with Crippen molar-refractivity contribution in [3.8, 4) is 28.5 Å². The molecule has 170 valence electrons. The predicted octanol–water partition coefficient (Wildman–Crippen LogP) is 4.48. The highest BCUT2D eigenvalue weighted by Gasteiger charge is 2.16. The minimum atomic E-state index is -0.266. The van der Waals surface area contributed by atoms with Crippen LogP contribution in [0.25, 0.3) is 28.0 Å². The number of hydrogen-bond acceptors (Lipinski definition) is 8. The Hall–Kier alpha value is -3.76. The van der Waals surface area contributed by atoms with Crippen LogP contribution in [0, 0.1) is 0 Å². The van der Waals surface area contributed by atoms with Gasteiger partial charge in [-0.1, -0.05) is 34.6 Å². The number of aromatic nitrogens is 5. The first-order chi connectivity index (χ1) is 16.6. The van der Waals surface area contributed by atoms with E-state index in [0.717, 1.165) is 11.3 Å². The largest absolute Gasteiger partial charge is 0.486 e. The maximum absolute atomic E-state index is 12.6. The summed E-state index contributed by atoms with van der Waals surface area (Å²) in [5.41, 5.74) is 2.45. The second kappa shape index (κ2) is 8.54. The highest BCUT2D eigenvalue weighted by atomic mass is 35.5. The number of fused-ring (bicyclic) bond motifs is 2. The van der Waals surface area contributed by atoms with Crippen LogP contribution in [0.5, 0.6) is 11.5 Å². The monoisotopic (exact) mass is 493 g/mol. The molecule has 34 heavy (non-hydrogen) atoms. The molecule has 0 unspecified atom stereocenters. The second-order valence-electron chi connectivity index (χ2n) is 7.47. The van der Waals surface area contributed by atoms with E-state index in [0.29, 0.717) is 63.1 Å². The summed E-state index contributed by atoms with van der Waals surface area (Å²) >= 11 is 7.45. The third-order valence-corrected chi connectivity index (χ3v) is 6.35. The summed E-state index contributed by atoms with van der Waals surface area (Å²) in [4.78, 5) is 20.0. The molecule has 0 fully saturated rings. The zero-order valence-electron chi connectivity index (χ0n) is 17.5. The molecule has 4 heterocycles. The van der Waals surface area contributed by atoms with Crippen molar-refractivity contribution in [2.75, 3.05) is 13.2 Å². The molecule has 0 saturated carbocycles. The lowest BCUT2D eigenvalue weighted by molar-refractivity contribution is 0.171. The summed E-state index contributed by atoms with van der Waals surface area (Å²) in [7, 11) is 0. The summed E-state index contributed by atoms with van der Waals surface area (Å²) in [5.74, 6) is 2.46. The van der Waals surface area contributed by atoms with E-state index in [-0.39, 0.29) is 5.56 Å². The van der Waals surface area contributed by atoms with E-state index in [4.69, 9.17) is 25.6 Å². The maximum atomic E-state index is 12.6. The smallest absolute Gasteiger partial charge is 0.262 e. The van der Waals surface area contributed by atoms with Crippen LogP contribution in [0.4, 0.5) is 0 Å². The minimum absolute atomic E-state index is 0.266. The summed E-state index contributed by atoms with van der Waals surface area (Å²) < 4.78 is 18.3. The van der Waals surface area contributed by atoms with E-state index >= 15 is 0 Å². The van der Waals surface area contributed by atoms with Gasteiger partial charge >= 0.3 is 0 Å². The summed E-state index contributed by atoms with van der Waals surface area (Å²) in [6.07, 6.45) is 1.49. The number of nitrogens with zero attached hydrogens (tertiary/aromatic N) is 4. The number of rotatable bonds is 5. The molecule has 0 bridgehead atoms. The van der Waals surface area contributed by atoms with Crippen molar-refractivity contribution < 1.29 is 14.0 Å². The Bertz CT molecular complexity index is 1580. The lowest BCUT2D eigenvalue weighted by Crippen LogP contribution is -2.15. The summed E-state index contributed by atoms with van der Waals surface area (Å²) in [6.45, 7) is 1.05. The first-order valence-electron chi connectivity index (χ1n) is 10.4. The fourth-order valence-corrected chi connectivity index (χ4v) is 4.54. The highest BCUT2D eigenvalue weighted by Crippen LogP contribution is 2.35. The summed E-state index contributed by atoms with van der Waals surface area (Å²) in [5, 5.41) is 9.88. The van der Waals surface area contributed by atoms with Gasteiger partial charge in [-0.25, -0.2) is 9.67 Å². The van der Waals surface area contributed by atoms with E-state index in [2.05, 4.69) is 20.2 Å². The molecule has 11 heteroatoms. The average molecular weight is 494 g/mol. The van der Waals surface area contributed by atoms with Gasteiger partial charge in [-0.15, -0.1) is 0 Å². The zero-order chi connectivity index (χ0) is 23.1. The van der Waals surface area contributed by atoms with Crippen molar-refractivity contribution >= 4 is 34.4 Å². The van der Waals surface area contributed by atoms with Gasteiger partial charge in [-0.3, -0.25) is 4.79 Å². The SMILES string of the molecule is O=c1[nH]c(SCc2cc(-c3ccc4c(c3)OCCO4)on2)nc2c1cnn2-c1cccc(Cl)c1. The lowest BCUT2D eigenvalue weighted by atomic mass is 10.1. The molecule has 2 aromatic carbocycles. The molecule has 0 saturated heterocycles. The van der Waals surface area contributed by atoms with Crippen LogP contribution in [-0.2, 0) is 5.75 Å². The minimum Gasteiger partial charge on any atom is -0.486 e. The van der Waals surface area contributed by atoms with E-state index in [1.54, 1.807) is 16.8 Å². The van der Waals surface area contributed by atoms with Crippen molar-refractivity contribution in [2.24, 2.45) is 0 Å². The number of halogens is 1. The molecule has 1 aliphatic rings. The summed E-state index contributed by atoms with van der Waals surface area (Å²) in [6, 6.07) is 14.7. The molecule has 0 amide bonds. The molecule has 0 radical (unpaired) electrons. The number of H-pyrrole nitrogens is 1. The molecular weight excluding hydrogens is 478 g/mol. The van der Waals surface area contributed by atoms with Gasteiger partial charge in [0, 0.05) is 22.4 Å². The van der Waals surface area contributed by atoms with Gasteiger partial charge in [0.2, 0.25) is 0 Å². The van der Waals surface area contributed by atoms with E-state index < -0.39 is 0 Å². The van der Waals surface area contributed by atoms with Crippen LogP contribution < -0.4 is 15.0 Å². The van der Waals surface area contributed by atoms with Crippen molar-refractivity contribution in [3.05, 3.63) is 75.8 Å². The van der Waals surface area contributed by atoms with Crippen molar-refractivity contribution in [3.63, 3.8) is 0 Å². The van der Waals surface area contributed by atoms with E-state index in [1.807, 2.05) is 36.4 Å². The quantitative estimate of drug-likeness (QED) is 0.282. The van der Waals surface area contributed by atoms with Crippen LogP contribution in [0.3, 0.4) is 0 Å². The Morgan fingerprint density at radius 1 is 1.09 bits per heavy atom. The predicted molar refractivity (Wildman–Crippen MR) is 127 cm³/mol. The van der Waals surface area contributed by atoms with Crippen LogP contribution in [-0.4, -0.2) is 38.1 Å². The van der Waals surface area contributed by atoms with E-state index in [1.165, 1.54) is 18.0 Å². The normalized spacial score (nSPS) is 12.9. The molecule has 1 N–H and O–H groups in total. The van der Waals surface area contributed by atoms with E-state index in [9.17, 15) is 4.79 Å². The number of hydrogen-bond donors (Lipinski definition) is 1. The zero-order valence-corrected chi connectivity index (χ0v) is 19.1. The van der Waals surface area contributed by atoms with Gasteiger partial charge in [0.15, 0.2) is 28.1 Å². The molecular formula is C23H16ClN5O4S. The molecule has 0 atom stereocenters. The molecule has 5 aromatic rings. The van der Waals surface area contributed by atoms with Gasteiger partial charge in [0.05, 0.1) is 17.6 Å². The van der Waals surface area contributed by atoms with Gasteiger partial charge in [0.1, 0.15) is 18.6 Å². The van der Waals surface area contributed by atoms with Gasteiger partial charge in [-0.2, -0.15) is 5.10 Å². The topological polar surface area (TPSA) is 108 Å².